The van der Waals surface area contributed by atoms with Crippen molar-refractivity contribution in [3.05, 3.63) is 248 Å². The van der Waals surface area contributed by atoms with E-state index in [0.29, 0.717) is 16.7 Å². The van der Waals surface area contributed by atoms with Crippen molar-refractivity contribution >= 4 is 27.8 Å². The van der Waals surface area contributed by atoms with Crippen LogP contribution in [0, 0.1) is 0 Å². The van der Waals surface area contributed by atoms with E-state index in [1.165, 1.54) is 0 Å². The van der Waals surface area contributed by atoms with Crippen LogP contribution in [0.2, 0.25) is 0 Å². The largest absolute Gasteiger partial charge is 0.311 e. The Morgan fingerprint density at radius 2 is 0.576 bits per heavy atom. The molecule has 0 atom stereocenters. The molecule has 0 aliphatic rings. The van der Waals surface area contributed by atoms with E-state index in [4.69, 9.17) is 0 Å². The first-order valence-electron chi connectivity index (χ1n) is 25.3. The molecule has 10 aromatic carbocycles. The first-order chi connectivity index (χ1) is 34.3. The summed E-state index contributed by atoms with van der Waals surface area (Å²) in [6, 6.07) is 46.7. The summed E-state index contributed by atoms with van der Waals surface area (Å²) in [6.45, 7) is 0. The van der Waals surface area contributed by atoms with E-state index in [1.807, 2.05) is 121 Å². The molecule has 0 heterocycles. The summed E-state index contributed by atoms with van der Waals surface area (Å²) < 4.78 is 115. The van der Waals surface area contributed by atoms with Gasteiger partial charge < -0.3 is 4.90 Å². The SMILES string of the molecule is [2H]c1c([2H])c(N(c2c([2H])c([2H])c(-c3cccc(-c4ccccc4)c3)c([2H])c2[2H])c2c([2H])c([2H])c(-c3cccc(-c4cccc5ccccc45)c3)c([2H])c2[2H])c([2H])c([2H])c1-c1cccc(-c2ccccc2)c1. The van der Waals surface area contributed by atoms with Crippen LogP contribution in [0.25, 0.3) is 77.5 Å². The molecule has 0 saturated heterocycles. The second-order valence-corrected chi connectivity index (χ2v) is 14.0. The highest BCUT2D eigenvalue weighted by atomic mass is 15.1. The van der Waals surface area contributed by atoms with E-state index in [-0.39, 0.29) is 16.7 Å². The minimum atomic E-state index is -0.676. The number of benzene rings is 10. The lowest BCUT2D eigenvalue weighted by molar-refractivity contribution is 1.28. The lowest BCUT2D eigenvalue weighted by Crippen LogP contribution is -2.09. The molecule has 0 aliphatic heterocycles. The van der Waals surface area contributed by atoms with Crippen LogP contribution < -0.4 is 4.90 Å². The van der Waals surface area contributed by atoms with Crippen molar-refractivity contribution in [2.24, 2.45) is 0 Å². The number of nitrogens with zero attached hydrogens (tertiary/aromatic N) is 1. The second kappa shape index (κ2) is 16.0. The first kappa shape index (κ1) is 24.8. The zero-order chi connectivity index (χ0) is 49.8. The van der Waals surface area contributed by atoms with E-state index in [9.17, 15) is 16.4 Å². The van der Waals surface area contributed by atoms with Gasteiger partial charge in [-0.15, -0.1) is 0 Å². The van der Waals surface area contributed by atoms with E-state index in [1.54, 1.807) is 54.6 Å². The van der Waals surface area contributed by atoms with Gasteiger partial charge >= 0.3 is 0 Å². The molecule has 278 valence electrons. The van der Waals surface area contributed by atoms with Gasteiger partial charge in [-0.1, -0.05) is 194 Å². The van der Waals surface area contributed by atoms with Crippen LogP contribution in [0.3, 0.4) is 0 Å². The molecule has 10 aromatic rings. The smallest absolute Gasteiger partial charge is 0.0645 e. The summed E-state index contributed by atoms with van der Waals surface area (Å²) in [4.78, 5) is 0.854. The van der Waals surface area contributed by atoms with Gasteiger partial charge in [0.1, 0.15) is 0 Å². The van der Waals surface area contributed by atoms with E-state index >= 15 is 0 Å². The minimum absolute atomic E-state index is 0.0596. The van der Waals surface area contributed by atoms with Crippen LogP contribution in [0.1, 0.15) is 16.4 Å². The molecule has 10 rings (SSSR count). The lowest BCUT2D eigenvalue weighted by Gasteiger charge is -2.26. The third kappa shape index (κ3) is 7.46. The van der Waals surface area contributed by atoms with Crippen molar-refractivity contribution in [1.29, 1.82) is 0 Å². The van der Waals surface area contributed by atoms with E-state index < -0.39 is 89.6 Å². The Balaban J connectivity index is 1.21. The Bertz CT molecular complexity index is 3500. The predicted molar refractivity (Wildman–Crippen MR) is 251 cm³/mol. The van der Waals surface area contributed by atoms with Gasteiger partial charge in [0.05, 0.1) is 16.4 Å². The highest BCUT2D eigenvalue weighted by molar-refractivity contribution is 5.97. The Morgan fingerprint density at radius 3 is 1.03 bits per heavy atom. The number of rotatable bonds is 9. The van der Waals surface area contributed by atoms with E-state index in [2.05, 4.69) is 0 Å². The summed E-state index contributed by atoms with van der Waals surface area (Å²) in [5.41, 5.74) is 4.04. The Labute approximate surface area is 363 Å². The number of hydrogen-bond donors (Lipinski definition) is 0. The van der Waals surface area contributed by atoms with Crippen molar-refractivity contribution in [2.45, 2.75) is 0 Å². The topological polar surface area (TPSA) is 3.24 Å². The fraction of sp³-hybridized carbons (Fsp3) is 0. The summed E-state index contributed by atoms with van der Waals surface area (Å²) in [5.74, 6) is 0. The molecule has 0 amide bonds. The number of fused-ring (bicyclic) bond motifs is 1. The molecular formula is C58H41N. The molecule has 1 nitrogen and oxygen atoms in total. The van der Waals surface area contributed by atoms with Crippen LogP contribution in [0.5, 0.6) is 0 Å². The van der Waals surface area contributed by atoms with Crippen LogP contribution in [-0.4, -0.2) is 0 Å². The van der Waals surface area contributed by atoms with Crippen LogP contribution in [0.15, 0.2) is 248 Å². The van der Waals surface area contributed by atoms with Crippen molar-refractivity contribution in [1.82, 2.24) is 0 Å². The third-order valence-corrected chi connectivity index (χ3v) is 10.3. The molecule has 0 bridgehead atoms. The van der Waals surface area contributed by atoms with Crippen molar-refractivity contribution < 1.29 is 16.4 Å². The molecule has 0 spiro atoms. The number of hydrogen-bond acceptors (Lipinski definition) is 1. The maximum absolute atomic E-state index is 9.67. The quantitative estimate of drug-likeness (QED) is 0.142. The molecule has 59 heavy (non-hydrogen) atoms. The highest BCUT2D eigenvalue weighted by Crippen LogP contribution is 2.39. The molecule has 0 saturated carbocycles. The first-order valence-corrected chi connectivity index (χ1v) is 19.3. The maximum atomic E-state index is 9.67. The van der Waals surface area contributed by atoms with Crippen molar-refractivity contribution in [3.8, 4) is 66.8 Å². The predicted octanol–water partition coefficient (Wildman–Crippen LogP) is 16.3. The second-order valence-electron chi connectivity index (χ2n) is 14.0. The van der Waals surface area contributed by atoms with E-state index in [0.717, 1.165) is 49.1 Å². The fourth-order valence-corrected chi connectivity index (χ4v) is 7.31. The van der Waals surface area contributed by atoms with Gasteiger partial charge in [-0.25, -0.2) is 0 Å². The van der Waals surface area contributed by atoms with Gasteiger partial charge in [0, 0.05) is 17.1 Å². The summed E-state index contributed by atoms with van der Waals surface area (Å²) in [7, 11) is 0. The Hall–Kier alpha value is -7.74. The molecule has 0 N–H and O–H groups in total. The van der Waals surface area contributed by atoms with Gasteiger partial charge in [0.2, 0.25) is 0 Å². The molecule has 0 fully saturated rings. The third-order valence-electron chi connectivity index (χ3n) is 10.3. The average Bonchev–Trinajstić information content (AvgIpc) is 3.40. The van der Waals surface area contributed by atoms with Crippen LogP contribution >= 0.6 is 0 Å². The Morgan fingerprint density at radius 1 is 0.254 bits per heavy atom. The van der Waals surface area contributed by atoms with Gasteiger partial charge in [0.25, 0.3) is 0 Å². The lowest BCUT2D eigenvalue weighted by atomic mass is 9.95. The molecular weight excluding hydrogens is 711 g/mol. The van der Waals surface area contributed by atoms with Gasteiger partial charge in [0.15, 0.2) is 0 Å². The van der Waals surface area contributed by atoms with Crippen molar-refractivity contribution in [2.75, 3.05) is 4.90 Å². The molecule has 0 aliphatic carbocycles. The minimum Gasteiger partial charge on any atom is -0.311 e. The zero-order valence-electron chi connectivity index (χ0n) is 43.7. The zero-order valence-corrected chi connectivity index (χ0v) is 31.7. The monoisotopic (exact) mass is 763 g/mol. The maximum Gasteiger partial charge on any atom is 0.0645 e. The van der Waals surface area contributed by atoms with Crippen molar-refractivity contribution in [3.63, 3.8) is 0 Å². The highest BCUT2D eigenvalue weighted by Gasteiger charge is 2.15. The summed E-state index contributed by atoms with van der Waals surface area (Å²) >= 11 is 0. The van der Waals surface area contributed by atoms with Gasteiger partial charge in [-0.05, 0) is 132 Å². The summed E-state index contributed by atoms with van der Waals surface area (Å²) in [5, 5.41) is 1.98. The molecule has 0 unspecified atom stereocenters. The van der Waals surface area contributed by atoms with Gasteiger partial charge in [-0.3, -0.25) is 0 Å². The van der Waals surface area contributed by atoms with Crippen LogP contribution in [0.4, 0.5) is 17.1 Å². The van der Waals surface area contributed by atoms with Gasteiger partial charge in [-0.2, -0.15) is 0 Å². The normalized spacial score (nSPS) is 13.9. The summed E-state index contributed by atoms with van der Waals surface area (Å²) in [6.07, 6.45) is 0. The standard InChI is InChI=1S/C58H41N/c1-3-13-42(14-4-1)48-19-9-21-50(39-48)44-27-33-54(34-28-44)59(55-35-29-45(30-36-55)51-22-10-20-49(40-51)43-15-5-2-6-16-43)56-37-31-46(32-38-56)52-23-11-24-53(41-52)58-26-12-18-47-17-7-8-25-57(47)58/h1-41H/i27D,28D,29D,30D,31D,32D,33D,34D,35D,36D,37D,38D. The fourth-order valence-electron chi connectivity index (χ4n) is 7.31. The Kier molecular flexibility index (Phi) is 6.73. The molecule has 0 aromatic heterocycles. The molecule has 0 radical (unpaired) electrons. The number of anilines is 3. The molecule has 1 heteroatoms. The average molecular weight is 764 g/mol. The van der Waals surface area contributed by atoms with Crippen LogP contribution in [-0.2, 0) is 0 Å².